The number of likely N-dealkylation sites (tertiary alicyclic amines) is 1. The second-order valence-corrected chi connectivity index (χ2v) is 7.46. The molecule has 2 heterocycles. The summed E-state index contributed by atoms with van der Waals surface area (Å²) in [5.74, 6) is 0.127. The Hall–Kier alpha value is -1.78. The summed E-state index contributed by atoms with van der Waals surface area (Å²) < 4.78 is 6.19. The first-order valence-corrected chi connectivity index (χ1v) is 8.83. The lowest BCUT2D eigenvalue weighted by atomic mass is 10.0. The quantitative estimate of drug-likeness (QED) is 0.795. The molecule has 0 radical (unpaired) electrons. The van der Waals surface area contributed by atoms with Gasteiger partial charge in [-0.1, -0.05) is 48.2 Å². The van der Waals surface area contributed by atoms with Crippen molar-refractivity contribution < 1.29 is 9.53 Å². The number of amides is 1. The molecular weight excluding hydrogens is 306 g/mol. The van der Waals surface area contributed by atoms with Crippen LogP contribution in [-0.2, 0) is 11.3 Å². The first kappa shape index (κ1) is 14.8. The van der Waals surface area contributed by atoms with E-state index < -0.39 is 0 Å². The first-order chi connectivity index (χ1) is 11.3. The lowest BCUT2D eigenvalue weighted by Crippen LogP contribution is -2.47. The van der Waals surface area contributed by atoms with Crippen molar-refractivity contribution in [3.8, 4) is 0 Å². The molecule has 0 aromatic heterocycles. The van der Waals surface area contributed by atoms with Crippen molar-refractivity contribution in [1.82, 2.24) is 4.90 Å². The summed E-state index contributed by atoms with van der Waals surface area (Å²) in [6.45, 7) is 2.18. The molecule has 0 saturated carbocycles. The van der Waals surface area contributed by atoms with Crippen LogP contribution in [0, 0.1) is 0 Å². The molecule has 118 valence electrons. The number of rotatable bonds is 1. The van der Waals surface area contributed by atoms with E-state index in [1.807, 2.05) is 47.0 Å². The number of thioether (sulfide) groups is 1. The third kappa shape index (κ3) is 2.89. The summed E-state index contributed by atoms with van der Waals surface area (Å²) in [4.78, 5) is 15.7. The van der Waals surface area contributed by atoms with E-state index in [0.717, 1.165) is 31.5 Å². The minimum atomic E-state index is -0.165. The lowest BCUT2D eigenvalue weighted by molar-refractivity contribution is -0.0293. The van der Waals surface area contributed by atoms with Crippen LogP contribution in [0.4, 0.5) is 0 Å². The van der Waals surface area contributed by atoms with Crippen LogP contribution in [0.3, 0.4) is 0 Å². The van der Waals surface area contributed by atoms with Crippen LogP contribution >= 0.6 is 11.8 Å². The molecule has 0 atom stereocenters. The van der Waals surface area contributed by atoms with Crippen LogP contribution in [0.5, 0.6) is 0 Å². The molecule has 4 heteroatoms. The second-order valence-electron chi connectivity index (χ2n) is 6.07. The van der Waals surface area contributed by atoms with Crippen LogP contribution in [0.15, 0.2) is 59.5 Å². The molecular formula is C19H19NO2S. The maximum Gasteiger partial charge on any atom is 0.253 e. The Kier molecular flexibility index (Phi) is 3.87. The van der Waals surface area contributed by atoms with E-state index in [9.17, 15) is 4.79 Å². The Morgan fingerprint density at radius 2 is 1.70 bits per heavy atom. The zero-order valence-corrected chi connectivity index (χ0v) is 13.7. The van der Waals surface area contributed by atoms with Crippen molar-refractivity contribution in [1.29, 1.82) is 0 Å². The third-order valence-corrected chi connectivity index (χ3v) is 6.11. The lowest BCUT2D eigenvalue weighted by Gasteiger charge is -2.43. The average Bonchev–Trinajstić information content (AvgIpc) is 2.62. The summed E-state index contributed by atoms with van der Waals surface area (Å²) in [5, 5.41) is 0. The topological polar surface area (TPSA) is 29.5 Å². The maximum atomic E-state index is 12.5. The van der Waals surface area contributed by atoms with Gasteiger partial charge in [0, 0.05) is 36.4 Å². The van der Waals surface area contributed by atoms with Gasteiger partial charge in [-0.3, -0.25) is 4.79 Å². The molecule has 1 saturated heterocycles. The van der Waals surface area contributed by atoms with Gasteiger partial charge in [-0.2, -0.15) is 0 Å². The summed E-state index contributed by atoms with van der Waals surface area (Å²) in [6, 6.07) is 18.0. The standard InChI is InChI=1S/C19H19NO2S/c21-18(15-6-2-1-3-7-15)20-12-10-19(11-13-20)22-14-16-8-4-5-9-17(16)23-19/h1-9H,10-14H2. The van der Waals surface area contributed by atoms with Gasteiger partial charge in [-0.15, -0.1) is 0 Å². The summed E-state index contributed by atoms with van der Waals surface area (Å²) in [5.41, 5.74) is 2.04. The van der Waals surface area contributed by atoms with E-state index in [2.05, 4.69) is 24.3 Å². The van der Waals surface area contributed by atoms with Gasteiger partial charge in [0.1, 0.15) is 4.93 Å². The number of carbonyl (C=O) groups is 1. The molecule has 2 aromatic rings. The van der Waals surface area contributed by atoms with Gasteiger partial charge in [0.2, 0.25) is 0 Å². The minimum Gasteiger partial charge on any atom is -0.359 e. The average molecular weight is 325 g/mol. The molecule has 3 nitrogen and oxygen atoms in total. The number of nitrogens with zero attached hydrogens (tertiary/aromatic N) is 1. The highest BCUT2D eigenvalue weighted by Gasteiger charge is 2.40. The fourth-order valence-corrected chi connectivity index (χ4v) is 4.53. The van der Waals surface area contributed by atoms with Crippen molar-refractivity contribution in [2.24, 2.45) is 0 Å². The van der Waals surface area contributed by atoms with Gasteiger partial charge in [0.05, 0.1) is 6.61 Å². The first-order valence-electron chi connectivity index (χ1n) is 8.01. The maximum absolute atomic E-state index is 12.5. The van der Waals surface area contributed by atoms with Gasteiger partial charge < -0.3 is 9.64 Å². The Balaban J connectivity index is 1.45. The molecule has 0 N–H and O–H groups in total. The largest absolute Gasteiger partial charge is 0.359 e. The predicted molar refractivity (Wildman–Crippen MR) is 91.4 cm³/mol. The second kappa shape index (κ2) is 6.02. The molecule has 2 aromatic carbocycles. The molecule has 4 rings (SSSR count). The van der Waals surface area contributed by atoms with E-state index in [4.69, 9.17) is 4.74 Å². The predicted octanol–water partition coefficient (Wildman–Crippen LogP) is 3.94. The Bertz CT molecular complexity index is 708. The van der Waals surface area contributed by atoms with E-state index in [1.165, 1.54) is 10.5 Å². The zero-order chi connectivity index (χ0) is 15.7. The molecule has 0 unspecified atom stereocenters. The van der Waals surface area contributed by atoms with Crippen molar-refractivity contribution in [3.05, 3.63) is 65.7 Å². The molecule has 2 aliphatic heterocycles. The van der Waals surface area contributed by atoms with Gasteiger partial charge in [-0.25, -0.2) is 0 Å². The minimum absolute atomic E-state index is 0.127. The summed E-state index contributed by atoms with van der Waals surface area (Å²) in [7, 11) is 0. The Morgan fingerprint density at radius 1 is 1.00 bits per heavy atom. The van der Waals surface area contributed by atoms with Crippen molar-refractivity contribution in [2.45, 2.75) is 29.3 Å². The number of ether oxygens (including phenoxy) is 1. The van der Waals surface area contributed by atoms with Crippen molar-refractivity contribution in [2.75, 3.05) is 13.1 Å². The Morgan fingerprint density at radius 3 is 2.48 bits per heavy atom. The number of carbonyl (C=O) groups excluding carboxylic acids is 1. The van der Waals surface area contributed by atoms with Crippen molar-refractivity contribution in [3.63, 3.8) is 0 Å². The molecule has 1 spiro atoms. The van der Waals surface area contributed by atoms with E-state index >= 15 is 0 Å². The molecule has 2 aliphatic rings. The van der Waals surface area contributed by atoms with Crippen LogP contribution in [0.2, 0.25) is 0 Å². The van der Waals surface area contributed by atoms with Gasteiger partial charge in [0.15, 0.2) is 0 Å². The van der Waals surface area contributed by atoms with E-state index in [0.29, 0.717) is 6.61 Å². The number of piperidine rings is 1. The van der Waals surface area contributed by atoms with E-state index in [-0.39, 0.29) is 10.8 Å². The number of benzene rings is 2. The number of hydrogen-bond donors (Lipinski definition) is 0. The van der Waals surface area contributed by atoms with Crippen molar-refractivity contribution >= 4 is 17.7 Å². The summed E-state index contributed by atoms with van der Waals surface area (Å²) >= 11 is 1.83. The fraction of sp³-hybridized carbons (Fsp3) is 0.316. The van der Waals surface area contributed by atoms with Crippen LogP contribution < -0.4 is 0 Å². The molecule has 1 amide bonds. The summed E-state index contributed by atoms with van der Waals surface area (Å²) in [6.07, 6.45) is 1.76. The fourth-order valence-electron chi connectivity index (χ4n) is 3.22. The zero-order valence-electron chi connectivity index (χ0n) is 12.9. The van der Waals surface area contributed by atoms with Gasteiger partial charge in [0.25, 0.3) is 5.91 Å². The SMILES string of the molecule is O=C(c1ccccc1)N1CCC2(CC1)OCc1ccccc1S2. The van der Waals surface area contributed by atoms with Gasteiger partial charge in [-0.05, 0) is 23.8 Å². The molecule has 1 fully saturated rings. The molecule has 0 aliphatic carbocycles. The van der Waals surface area contributed by atoms with Crippen LogP contribution in [-0.4, -0.2) is 28.8 Å². The highest BCUT2D eigenvalue weighted by molar-refractivity contribution is 8.00. The third-order valence-electron chi connectivity index (χ3n) is 4.59. The Labute approximate surface area is 140 Å². The number of hydrogen-bond acceptors (Lipinski definition) is 3. The monoisotopic (exact) mass is 325 g/mol. The van der Waals surface area contributed by atoms with E-state index in [1.54, 1.807) is 0 Å². The smallest absolute Gasteiger partial charge is 0.253 e. The molecule has 23 heavy (non-hydrogen) atoms. The molecule has 0 bridgehead atoms. The number of fused-ring (bicyclic) bond motifs is 1. The van der Waals surface area contributed by atoms with Crippen LogP contribution in [0.1, 0.15) is 28.8 Å². The highest BCUT2D eigenvalue weighted by atomic mass is 32.2. The highest BCUT2D eigenvalue weighted by Crippen LogP contribution is 2.47. The van der Waals surface area contributed by atoms with Crippen LogP contribution in [0.25, 0.3) is 0 Å². The van der Waals surface area contributed by atoms with Gasteiger partial charge >= 0.3 is 0 Å². The normalized spacial score (nSPS) is 19.4.